The lowest BCUT2D eigenvalue weighted by Gasteiger charge is -2.23. The summed E-state index contributed by atoms with van der Waals surface area (Å²) in [4.78, 5) is 28.5. The monoisotopic (exact) mass is 669 g/mol. The number of carbonyl (C=O) groups excluding carboxylic acids is 2. The molecule has 1 fully saturated rings. The number of halogens is 2. The highest BCUT2D eigenvalue weighted by atomic mass is 35.5. The van der Waals surface area contributed by atoms with Gasteiger partial charge < -0.3 is 14.6 Å². The Labute approximate surface area is 273 Å². The zero-order valence-corrected chi connectivity index (χ0v) is 27.1. The second kappa shape index (κ2) is 14.5. The highest BCUT2D eigenvalue weighted by molar-refractivity contribution is 8.00. The molecule has 0 radical (unpaired) electrons. The average molecular weight is 671 g/mol. The van der Waals surface area contributed by atoms with E-state index in [1.807, 2.05) is 24.3 Å². The summed E-state index contributed by atoms with van der Waals surface area (Å²) in [5.74, 6) is -0.487. The van der Waals surface area contributed by atoms with Crippen LogP contribution >= 0.6 is 46.3 Å². The Balaban J connectivity index is 1.54. The first-order valence-electron chi connectivity index (χ1n) is 13.9. The second-order valence-corrected chi connectivity index (χ2v) is 12.9. The average Bonchev–Trinajstić information content (AvgIpc) is 3.60. The van der Waals surface area contributed by atoms with Gasteiger partial charge in [0.15, 0.2) is 15.8 Å². The van der Waals surface area contributed by atoms with Gasteiger partial charge in [0.1, 0.15) is 5.76 Å². The van der Waals surface area contributed by atoms with E-state index in [-0.39, 0.29) is 16.5 Å². The van der Waals surface area contributed by atoms with Crippen molar-refractivity contribution < 1.29 is 24.2 Å². The summed E-state index contributed by atoms with van der Waals surface area (Å²) < 4.78 is 12.2. The van der Waals surface area contributed by atoms with Gasteiger partial charge >= 0.3 is 5.91 Å². The second-order valence-electron chi connectivity index (χ2n) is 9.87. The lowest BCUT2D eigenvalue weighted by molar-refractivity contribution is -0.132. The molecule has 8 nitrogen and oxygen atoms in total. The smallest absolute Gasteiger partial charge is 0.301 e. The van der Waals surface area contributed by atoms with E-state index in [1.165, 1.54) is 35.1 Å². The summed E-state index contributed by atoms with van der Waals surface area (Å²) in [5.41, 5.74) is 1.71. The number of benzene rings is 3. The van der Waals surface area contributed by atoms with Gasteiger partial charge in [0, 0.05) is 21.4 Å². The van der Waals surface area contributed by atoms with Crippen molar-refractivity contribution >= 4 is 68.9 Å². The molecular weight excluding hydrogens is 641 g/mol. The van der Waals surface area contributed by atoms with Crippen LogP contribution in [0.4, 0.5) is 5.13 Å². The van der Waals surface area contributed by atoms with E-state index in [9.17, 15) is 14.7 Å². The van der Waals surface area contributed by atoms with Crippen LogP contribution in [0.5, 0.6) is 11.5 Å². The third-order valence-corrected chi connectivity index (χ3v) is 9.71. The molecule has 228 valence electrons. The topological polar surface area (TPSA) is 102 Å². The molecule has 44 heavy (non-hydrogen) atoms. The van der Waals surface area contributed by atoms with Crippen molar-refractivity contribution in [3.05, 3.63) is 99.0 Å². The van der Waals surface area contributed by atoms with Crippen LogP contribution < -0.4 is 14.4 Å². The minimum atomic E-state index is -1.01. The first kappa shape index (κ1) is 31.8. The number of methoxy groups -OCH3 is 1. The van der Waals surface area contributed by atoms with Crippen molar-refractivity contribution in [2.24, 2.45) is 0 Å². The third kappa shape index (κ3) is 6.89. The highest BCUT2D eigenvalue weighted by Gasteiger charge is 2.48. The van der Waals surface area contributed by atoms with Gasteiger partial charge in [-0.2, -0.15) is 0 Å². The summed E-state index contributed by atoms with van der Waals surface area (Å²) >= 11 is 15.0. The zero-order chi connectivity index (χ0) is 31.2. The molecule has 2 heterocycles. The number of unbranched alkanes of at least 4 members (excludes halogenated alkanes) is 2. The molecule has 0 bridgehead atoms. The fourth-order valence-electron chi connectivity index (χ4n) is 4.73. The third-order valence-electron chi connectivity index (χ3n) is 6.98. The van der Waals surface area contributed by atoms with Crippen LogP contribution in [-0.4, -0.2) is 40.7 Å². The Bertz CT molecular complexity index is 1690. The number of amides is 1. The van der Waals surface area contributed by atoms with Crippen molar-refractivity contribution in [2.75, 3.05) is 18.6 Å². The van der Waals surface area contributed by atoms with E-state index in [0.717, 1.165) is 24.8 Å². The number of aliphatic hydroxyl groups excluding tert-OH is 1. The molecule has 1 aromatic heterocycles. The number of hydrogen-bond donors (Lipinski definition) is 1. The Morgan fingerprint density at radius 1 is 1.02 bits per heavy atom. The summed E-state index contributed by atoms with van der Waals surface area (Å²) in [6.45, 7) is 2.65. The molecular formula is C32H29Cl2N3O5S2. The Kier molecular flexibility index (Phi) is 10.5. The molecule has 1 unspecified atom stereocenters. The van der Waals surface area contributed by atoms with Crippen molar-refractivity contribution in [1.82, 2.24) is 10.2 Å². The molecule has 4 aromatic rings. The largest absolute Gasteiger partial charge is 0.507 e. The van der Waals surface area contributed by atoms with Crippen molar-refractivity contribution in [1.29, 1.82) is 0 Å². The maximum atomic E-state index is 13.6. The maximum absolute atomic E-state index is 13.6. The lowest BCUT2D eigenvalue weighted by Crippen LogP contribution is -2.29. The number of carbonyl (C=O) groups is 2. The Hall–Kier alpha value is -3.57. The maximum Gasteiger partial charge on any atom is 0.301 e. The first-order chi connectivity index (χ1) is 21.3. The van der Waals surface area contributed by atoms with Crippen LogP contribution in [0, 0.1) is 0 Å². The quantitative estimate of drug-likeness (QED) is 0.0401. The summed E-state index contributed by atoms with van der Waals surface area (Å²) in [7, 11) is 1.52. The van der Waals surface area contributed by atoms with Crippen LogP contribution in [0.25, 0.3) is 5.76 Å². The van der Waals surface area contributed by atoms with Gasteiger partial charge in [0.05, 0.1) is 25.3 Å². The molecule has 1 aliphatic rings. The van der Waals surface area contributed by atoms with Gasteiger partial charge in [-0.25, -0.2) is 0 Å². The van der Waals surface area contributed by atoms with Crippen LogP contribution in [0.2, 0.25) is 10.0 Å². The standard InChI is InChI=1S/C32H29Cl2N3O5S2/c1-3-4-7-16-42-24-15-12-20(17-25(24)41-2)27-26(28(38)19-10-13-22(33)14-11-19)29(39)30(40)37(27)31-35-36-32(44-31)43-18-21-8-5-6-9-23(21)34/h5-6,8-15,17,27,38H,3-4,7,16,18H2,1-2H3/b28-26-. The predicted octanol–water partition coefficient (Wildman–Crippen LogP) is 8.34. The van der Waals surface area contributed by atoms with Crippen LogP contribution in [0.15, 0.2) is 76.6 Å². The molecule has 0 saturated carbocycles. The number of aromatic nitrogens is 2. The number of ketones is 1. The van der Waals surface area contributed by atoms with Crippen LogP contribution in [0.1, 0.15) is 48.9 Å². The van der Waals surface area contributed by atoms with Gasteiger partial charge in [-0.3, -0.25) is 14.5 Å². The number of rotatable bonds is 12. The predicted molar refractivity (Wildman–Crippen MR) is 175 cm³/mol. The highest BCUT2D eigenvalue weighted by Crippen LogP contribution is 2.45. The van der Waals surface area contributed by atoms with E-state index < -0.39 is 17.7 Å². The number of ether oxygens (including phenoxy) is 2. The SMILES string of the molecule is CCCCCOc1ccc(C2/C(=C(/O)c3ccc(Cl)cc3)C(=O)C(=O)N2c2nnc(SCc3ccccc3Cl)s2)cc1OC. The fourth-order valence-corrected chi connectivity index (χ4v) is 7.01. The van der Waals surface area contributed by atoms with E-state index in [1.54, 1.807) is 42.5 Å². The first-order valence-corrected chi connectivity index (χ1v) is 16.5. The van der Waals surface area contributed by atoms with Gasteiger partial charge in [-0.15, -0.1) is 10.2 Å². The number of aliphatic hydroxyl groups is 1. The van der Waals surface area contributed by atoms with Gasteiger partial charge in [0.25, 0.3) is 5.78 Å². The number of thioether (sulfide) groups is 1. The molecule has 12 heteroatoms. The number of anilines is 1. The van der Waals surface area contributed by atoms with Crippen molar-refractivity contribution in [3.8, 4) is 11.5 Å². The molecule has 1 amide bonds. The van der Waals surface area contributed by atoms with Crippen molar-refractivity contribution in [2.45, 2.75) is 42.3 Å². The van der Waals surface area contributed by atoms with Crippen LogP contribution in [-0.2, 0) is 15.3 Å². The minimum absolute atomic E-state index is 0.0866. The molecule has 1 saturated heterocycles. The van der Waals surface area contributed by atoms with Gasteiger partial charge in [-0.1, -0.05) is 90.3 Å². The number of nitrogens with zero attached hydrogens (tertiary/aromatic N) is 3. The molecule has 1 atom stereocenters. The van der Waals surface area contributed by atoms with Gasteiger partial charge in [-0.05, 0) is 60.0 Å². The van der Waals surface area contributed by atoms with E-state index in [0.29, 0.717) is 49.4 Å². The lowest BCUT2D eigenvalue weighted by atomic mass is 9.95. The number of Topliss-reactive ketones (excluding diaryl/α,β-unsaturated/α-hetero) is 1. The molecule has 0 aliphatic carbocycles. The van der Waals surface area contributed by atoms with E-state index in [4.69, 9.17) is 32.7 Å². The minimum Gasteiger partial charge on any atom is -0.507 e. The van der Waals surface area contributed by atoms with E-state index in [2.05, 4.69) is 17.1 Å². The number of hydrogen-bond acceptors (Lipinski definition) is 9. The van der Waals surface area contributed by atoms with Crippen LogP contribution in [0.3, 0.4) is 0 Å². The normalized spacial score (nSPS) is 16.0. The molecule has 1 N–H and O–H groups in total. The van der Waals surface area contributed by atoms with Gasteiger partial charge in [0.2, 0.25) is 5.13 Å². The summed E-state index contributed by atoms with van der Waals surface area (Å²) in [6.07, 6.45) is 3.01. The summed E-state index contributed by atoms with van der Waals surface area (Å²) in [5, 5.41) is 21.3. The zero-order valence-electron chi connectivity index (χ0n) is 24.0. The molecule has 0 spiro atoms. The molecule has 3 aromatic carbocycles. The molecule has 5 rings (SSSR count). The Morgan fingerprint density at radius 2 is 1.80 bits per heavy atom. The molecule has 1 aliphatic heterocycles. The Morgan fingerprint density at radius 3 is 2.52 bits per heavy atom. The summed E-state index contributed by atoms with van der Waals surface area (Å²) in [6, 6.07) is 18.1. The van der Waals surface area contributed by atoms with Crippen molar-refractivity contribution in [3.63, 3.8) is 0 Å². The van der Waals surface area contributed by atoms with E-state index >= 15 is 0 Å². The fraction of sp³-hybridized carbons (Fsp3) is 0.250.